The number of benzene rings is 1. The van der Waals surface area contributed by atoms with Crippen molar-refractivity contribution in [2.75, 3.05) is 16.8 Å². The first-order valence-electron chi connectivity index (χ1n) is 5.98. The first kappa shape index (κ1) is 14.7. The van der Waals surface area contributed by atoms with Gasteiger partial charge in [-0.15, -0.1) is 0 Å². The number of hydrogen-bond acceptors (Lipinski definition) is 5. The van der Waals surface area contributed by atoms with Crippen LogP contribution in [0.2, 0.25) is 5.02 Å². The van der Waals surface area contributed by atoms with E-state index in [-0.39, 0.29) is 5.91 Å². The maximum atomic E-state index is 11.8. The highest BCUT2D eigenvalue weighted by Gasteiger charge is 2.06. The number of carbonyl (C=O) groups is 1. The quantitative estimate of drug-likeness (QED) is 0.433. The van der Waals surface area contributed by atoms with Crippen LogP contribution >= 0.6 is 23.4 Å². The second-order valence-electron chi connectivity index (χ2n) is 4.03. The van der Waals surface area contributed by atoms with Crippen LogP contribution in [0.4, 0.5) is 11.4 Å². The number of carbonyl (C=O) groups excluding carboxylic acids is 1. The summed E-state index contributed by atoms with van der Waals surface area (Å²) in [5.74, 6) is 0.716. The Hall–Kier alpha value is -1.73. The molecule has 6 nitrogen and oxygen atoms in total. The monoisotopic (exact) mass is 311 g/mol. The predicted octanol–water partition coefficient (Wildman–Crippen LogP) is 2.55. The summed E-state index contributed by atoms with van der Waals surface area (Å²) in [5, 5.41) is 10.5. The summed E-state index contributed by atoms with van der Waals surface area (Å²) in [5.41, 5.74) is 6.73. The maximum absolute atomic E-state index is 11.8. The third-order valence-corrected chi connectivity index (χ3v) is 3.72. The molecule has 0 aliphatic rings. The zero-order valence-electron chi connectivity index (χ0n) is 10.6. The van der Waals surface area contributed by atoms with E-state index >= 15 is 0 Å². The number of nitrogens with two attached hydrogens (primary N) is 1. The molecule has 8 heteroatoms. The van der Waals surface area contributed by atoms with Crippen molar-refractivity contribution in [1.82, 2.24) is 15.2 Å². The number of aromatic amines is 1. The van der Waals surface area contributed by atoms with Crippen LogP contribution in [0.1, 0.15) is 12.8 Å². The van der Waals surface area contributed by atoms with E-state index in [2.05, 4.69) is 20.5 Å². The van der Waals surface area contributed by atoms with E-state index in [0.29, 0.717) is 22.8 Å². The first-order valence-corrected chi connectivity index (χ1v) is 7.34. The number of rotatable bonds is 6. The average Bonchev–Trinajstić information content (AvgIpc) is 2.91. The number of halogens is 1. The molecule has 2 aromatic rings. The van der Waals surface area contributed by atoms with Gasteiger partial charge in [0.05, 0.1) is 10.7 Å². The number of anilines is 2. The lowest BCUT2D eigenvalue weighted by atomic mass is 10.2. The van der Waals surface area contributed by atoms with Gasteiger partial charge in [-0.3, -0.25) is 9.89 Å². The van der Waals surface area contributed by atoms with Crippen LogP contribution in [-0.2, 0) is 4.79 Å². The highest BCUT2D eigenvalue weighted by molar-refractivity contribution is 7.99. The van der Waals surface area contributed by atoms with Gasteiger partial charge in [0.1, 0.15) is 6.33 Å². The summed E-state index contributed by atoms with van der Waals surface area (Å²) in [7, 11) is 0. The second-order valence-corrected chi connectivity index (χ2v) is 5.52. The number of H-pyrrole nitrogens is 1. The van der Waals surface area contributed by atoms with Crippen molar-refractivity contribution >= 4 is 40.6 Å². The van der Waals surface area contributed by atoms with Gasteiger partial charge in [0.25, 0.3) is 0 Å². The molecule has 1 amide bonds. The van der Waals surface area contributed by atoms with Gasteiger partial charge in [0.15, 0.2) is 5.16 Å². The van der Waals surface area contributed by atoms with Crippen molar-refractivity contribution < 1.29 is 4.79 Å². The van der Waals surface area contributed by atoms with Crippen molar-refractivity contribution in [1.29, 1.82) is 0 Å². The van der Waals surface area contributed by atoms with Gasteiger partial charge >= 0.3 is 0 Å². The standard InChI is InChI=1S/C12H14ClN5OS/c13-9-6-8(14)3-4-10(9)17-11(19)2-1-5-20-12-15-7-16-18-12/h3-4,6-7H,1-2,5,14H2,(H,17,19)(H,15,16,18). The Kier molecular flexibility index (Phi) is 5.25. The minimum absolute atomic E-state index is 0.0742. The van der Waals surface area contributed by atoms with Gasteiger partial charge in [-0.1, -0.05) is 23.4 Å². The minimum Gasteiger partial charge on any atom is -0.399 e. The molecule has 4 N–H and O–H groups in total. The van der Waals surface area contributed by atoms with E-state index in [1.165, 1.54) is 18.1 Å². The van der Waals surface area contributed by atoms with Crippen molar-refractivity contribution in [2.24, 2.45) is 0 Å². The fourth-order valence-electron chi connectivity index (χ4n) is 1.51. The molecule has 0 atom stereocenters. The Morgan fingerprint density at radius 1 is 1.50 bits per heavy atom. The Morgan fingerprint density at radius 2 is 2.35 bits per heavy atom. The third-order valence-electron chi connectivity index (χ3n) is 2.45. The summed E-state index contributed by atoms with van der Waals surface area (Å²) in [6, 6.07) is 5.00. The van der Waals surface area contributed by atoms with Crippen molar-refractivity contribution in [3.05, 3.63) is 29.5 Å². The Bertz CT molecular complexity index is 575. The molecule has 20 heavy (non-hydrogen) atoms. The summed E-state index contributed by atoms with van der Waals surface area (Å²) in [4.78, 5) is 15.8. The molecular weight excluding hydrogens is 298 g/mol. The lowest BCUT2D eigenvalue weighted by Crippen LogP contribution is -2.11. The van der Waals surface area contributed by atoms with E-state index in [1.807, 2.05) is 0 Å². The maximum Gasteiger partial charge on any atom is 0.224 e. The second kappa shape index (κ2) is 7.16. The van der Waals surface area contributed by atoms with Crippen molar-refractivity contribution in [3.63, 3.8) is 0 Å². The molecule has 0 bridgehead atoms. The van der Waals surface area contributed by atoms with Crippen LogP contribution < -0.4 is 11.1 Å². The van der Waals surface area contributed by atoms with Gasteiger partial charge in [-0.05, 0) is 24.6 Å². The van der Waals surface area contributed by atoms with Gasteiger partial charge in [-0.2, -0.15) is 5.10 Å². The smallest absolute Gasteiger partial charge is 0.224 e. The number of nitrogens with zero attached hydrogens (tertiary/aromatic N) is 2. The van der Waals surface area contributed by atoms with Gasteiger partial charge < -0.3 is 11.1 Å². The molecule has 2 rings (SSSR count). The molecule has 0 saturated carbocycles. The molecule has 0 spiro atoms. The van der Waals surface area contributed by atoms with Gasteiger partial charge in [0.2, 0.25) is 5.91 Å². The van der Waals surface area contributed by atoms with Crippen LogP contribution in [-0.4, -0.2) is 26.8 Å². The van der Waals surface area contributed by atoms with E-state index in [1.54, 1.807) is 18.2 Å². The number of nitrogens with one attached hydrogen (secondary N) is 2. The summed E-state index contributed by atoms with van der Waals surface area (Å²) >= 11 is 7.51. The van der Waals surface area contributed by atoms with Crippen LogP contribution in [0, 0.1) is 0 Å². The highest BCUT2D eigenvalue weighted by atomic mass is 35.5. The molecule has 1 heterocycles. The molecule has 0 radical (unpaired) electrons. The molecule has 0 fully saturated rings. The van der Waals surface area contributed by atoms with E-state index in [0.717, 1.165) is 17.3 Å². The molecule has 0 saturated heterocycles. The normalized spacial score (nSPS) is 10.4. The summed E-state index contributed by atoms with van der Waals surface area (Å²) < 4.78 is 0. The van der Waals surface area contributed by atoms with Crippen LogP contribution in [0.3, 0.4) is 0 Å². The number of nitrogen functional groups attached to an aromatic ring is 1. The van der Waals surface area contributed by atoms with E-state index < -0.39 is 0 Å². The lowest BCUT2D eigenvalue weighted by molar-refractivity contribution is -0.116. The predicted molar refractivity (Wildman–Crippen MR) is 80.8 cm³/mol. The summed E-state index contributed by atoms with van der Waals surface area (Å²) in [6.07, 6.45) is 2.61. The molecular formula is C12H14ClN5OS. The van der Waals surface area contributed by atoms with Crippen LogP contribution in [0.25, 0.3) is 0 Å². The zero-order valence-corrected chi connectivity index (χ0v) is 12.2. The minimum atomic E-state index is -0.0742. The first-order chi connectivity index (χ1) is 9.65. The summed E-state index contributed by atoms with van der Waals surface area (Å²) in [6.45, 7) is 0. The third kappa shape index (κ3) is 4.43. The van der Waals surface area contributed by atoms with Crippen molar-refractivity contribution in [3.8, 4) is 0 Å². The average molecular weight is 312 g/mol. The fraction of sp³-hybridized carbons (Fsp3) is 0.250. The fourth-order valence-corrected chi connectivity index (χ4v) is 2.47. The van der Waals surface area contributed by atoms with Crippen molar-refractivity contribution in [2.45, 2.75) is 18.0 Å². The molecule has 106 valence electrons. The molecule has 0 unspecified atom stereocenters. The van der Waals surface area contributed by atoms with Gasteiger partial charge in [-0.25, -0.2) is 4.98 Å². The number of thioether (sulfide) groups is 1. The highest BCUT2D eigenvalue weighted by Crippen LogP contribution is 2.24. The zero-order chi connectivity index (χ0) is 14.4. The van der Waals surface area contributed by atoms with Gasteiger partial charge in [0, 0.05) is 17.9 Å². The lowest BCUT2D eigenvalue weighted by Gasteiger charge is -2.07. The molecule has 1 aromatic heterocycles. The van der Waals surface area contributed by atoms with E-state index in [4.69, 9.17) is 17.3 Å². The molecule has 1 aromatic carbocycles. The Balaban J connectivity index is 1.72. The number of amides is 1. The molecule has 0 aliphatic carbocycles. The largest absolute Gasteiger partial charge is 0.399 e. The Morgan fingerprint density at radius 3 is 3.05 bits per heavy atom. The SMILES string of the molecule is Nc1ccc(NC(=O)CCCSc2ncn[nH]2)c(Cl)c1. The van der Waals surface area contributed by atoms with Crippen LogP contribution in [0.15, 0.2) is 29.7 Å². The number of hydrogen-bond donors (Lipinski definition) is 3. The Labute approximate surface area is 125 Å². The topological polar surface area (TPSA) is 96.7 Å². The van der Waals surface area contributed by atoms with E-state index in [9.17, 15) is 4.79 Å². The molecule has 0 aliphatic heterocycles. The number of aromatic nitrogens is 3. The van der Waals surface area contributed by atoms with Crippen LogP contribution in [0.5, 0.6) is 0 Å².